The summed E-state index contributed by atoms with van der Waals surface area (Å²) in [5, 5.41) is 2.81. The number of amides is 1. The Bertz CT molecular complexity index is 684. The van der Waals surface area contributed by atoms with E-state index in [2.05, 4.69) is 20.2 Å². The Morgan fingerprint density at radius 1 is 1.30 bits per heavy atom. The Balaban J connectivity index is 1.57. The first-order chi connectivity index (χ1) is 11.1. The number of nitrogens with one attached hydrogen (secondary N) is 1. The highest BCUT2D eigenvalue weighted by molar-refractivity contribution is 5.92. The van der Waals surface area contributed by atoms with Gasteiger partial charge in [-0.15, -0.1) is 0 Å². The van der Waals surface area contributed by atoms with E-state index in [0.29, 0.717) is 11.3 Å². The third-order valence-electron chi connectivity index (χ3n) is 4.18. The number of hydrogen-bond acceptors (Lipinski definition) is 4. The van der Waals surface area contributed by atoms with Crippen LogP contribution in [0.1, 0.15) is 18.4 Å². The van der Waals surface area contributed by atoms with Crippen LogP contribution in [0, 0.1) is 18.7 Å². The second kappa shape index (κ2) is 6.73. The number of anilines is 2. The number of carbonyl (C=O) groups is 1. The molecule has 0 saturated carbocycles. The van der Waals surface area contributed by atoms with E-state index < -0.39 is 0 Å². The molecule has 2 heterocycles. The van der Waals surface area contributed by atoms with Gasteiger partial charge in [-0.05, 0) is 37.5 Å². The number of hydrogen-bond donors (Lipinski definition) is 1. The number of rotatable bonds is 3. The van der Waals surface area contributed by atoms with Crippen molar-refractivity contribution >= 4 is 17.4 Å². The van der Waals surface area contributed by atoms with Gasteiger partial charge in [0.1, 0.15) is 11.6 Å². The maximum atomic E-state index is 13.5. The summed E-state index contributed by atoms with van der Waals surface area (Å²) >= 11 is 0. The van der Waals surface area contributed by atoms with Gasteiger partial charge in [0.25, 0.3) is 0 Å². The summed E-state index contributed by atoms with van der Waals surface area (Å²) in [5.74, 6) is 0.423. The van der Waals surface area contributed by atoms with Crippen molar-refractivity contribution in [3.05, 3.63) is 48.2 Å². The number of halogens is 1. The first kappa shape index (κ1) is 15.4. The normalized spacial score (nSPS) is 15.5. The molecule has 1 fully saturated rings. The van der Waals surface area contributed by atoms with Gasteiger partial charge in [0, 0.05) is 37.1 Å². The fourth-order valence-electron chi connectivity index (χ4n) is 2.74. The maximum Gasteiger partial charge on any atom is 0.227 e. The molecule has 3 rings (SSSR count). The number of aromatic nitrogens is 2. The Hall–Kier alpha value is -2.50. The van der Waals surface area contributed by atoms with Gasteiger partial charge >= 0.3 is 0 Å². The number of benzene rings is 1. The van der Waals surface area contributed by atoms with Gasteiger partial charge in [0.05, 0.1) is 6.20 Å². The van der Waals surface area contributed by atoms with Crippen LogP contribution in [0.4, 0.5) is 15.9 Å². The fourth-order valence-corrected chi connectivity index (χ4v) is 2.74. The van der Waals surface area contributed by atoms with Crippen molar-refractivity contribution in [1.82, 2.24) is 9.97 Å². The van der Waals surface area contributed by atoms with Crippen LogP contribution in [-0.4, -0.2) is 29.0 Å². The maximum absolute atomic E-state index is 13.5. The number of piperidine rings is 1. The standard InChI is InChI=1S/C17H19FN4O/c1-12-2-3-14(10-15(12)18)21-17(23)13-4-8-22(9-5-13)16-11-19-6-7-20-16/h2-3,6-7,10-11,13H,4-5,8-9H2,1H3,(H,21,23). The highest BCUT2D eigenvalue weighted by Crippen LogP contribution is 2.23. The molecule has 0 spiro atoms. The zero-order valence-electron chi connectivity index (χ0n) is 13.0. The van der Waals surface area contributed by atoms with E-state index in [1.165, 1.54) is 6.07 Å². The Morgan fingerprint density at radius 2 is 2.09 bits per heavy atom. The Morgan fingerprint density at radius 3 is 2.74 bits per heavy atom. The smallest absolute Gasteiger partial charge is 0.227 e. The van der Waals surface area contributed by atoms with Gasteiger partial charge in [-0.1, -0.05) is 6.07 Å². The average molecular weight is 314 g/mol. The predicted octanol–water partition coefficient (Wildman–Crippen LogP) is 2.78. The molecule has 1 aliphatic rings. The molecule has 2 aromatic rings. The van der Waals surface area contributed by atoms with Gasteiger partial charge in [-0.2, -0.15) is 0 Å². The minimum Gasteiger partial charge on any atom is -0.355 e. The molecule has 0 atom stereocenters. The molecule has 0 aliphatic carbocycles. The molecule has 0 radical (unpaired) electrons. The topological polar surface area (TPSA) is 58.1 Å². The van der Waals surface area contributed by atoms with Crippen LogP contribution >= 0.6 is 0 Å². The minimum atomic E-state index is -0.305. The summed E-state index contributed by atoms with van der Waals surface area (Å²) in [6, 6.07) is 4.76. The summed E-state index contributed by atoms with van der Waals surface area (Å²) in [4.78, 5) is 22.8. The summed E-state index contributed by atoms with van der Waals surface area (Å²) in [7, 11) is 0. The molecule has 1 aromatic heterocycles. The predicted molar refractivity (Wildman–Crippen MR) is 86.7 cm³/mol. The van der Waals surface area contributed by atoms with E-state index in [1.54, 1.807) is 37.6 Å². The first-order valence-corrected chi connectivity index (χ1v) is 7.71. The molecule has 120 valence electrons. The lowest BCUT2D eigenvalue weighted by Crippen LogP contribution is -2.38. The largest absolute Gasteiger partial charge is 0.355 e. The van der Waals surface area contributed by atoms with Crippen LogP contribution in [0.5, 0.6) is 0 Å². The van der Waals surface area contributed by atoms with E-state index in [4.69, 9.17) is 0 Å². The second-order valence-electron chi connectivity index (χ2n) is 5.78. The summed E-state index contributed by atoms with van der Waals surface area (Å²) < 4.78 is 13.5. The third kappa shape index (κ3) is 3.64. The van der Waals surface area contributed by atoms with E-state index in [1.807, 2.05) is 0 Å². The lowest BCUT2D eigenvalue weighted by molar-refractivity contribution is -0.120. The summed E-state index contributed by atoms with van der Waals surface area (Å²) in [6.07, 6.45) is 6.54. The monoisotopic (exact) mass is 314 g/mol. The van der Waals surface area contributed by atoms with Gasteiger partial charge in [-0.25, -0.2) is 9.37 Å². The molecule has 1 aliphatic heterocycles. The van der Waals surface area contributed by atoms with Crippen molar-refractivity contribution in [2.45, 2.75) is 19.8 Å². The van der Waals surface area contributed by atoms with Gasteiger partial charge < -0.3 is 10.2 Å². The van der Waals surface area contributed by atoms with Crippen molar-refractivity contribution in [2.24, 2.45) is 5.92 Å². The summed E-state index contributed by atoms with van der Waals surface area (Å²) in [5.41, 5.74) is 1.08. The fraction of sp³-hybridized carbons (Fsp3) is 0.353. The molecule has 1 N–H and O–H groups in total. The minimum absolute atomic E-state index is 0.0490. The van der Waals surface area contributed by atoms with Crippen molar-refractivity contribution in [3.8, 4) is 0 Å². The lowest BCUT2D eigenvalue weighted by atomic mass is 9.96. The Kier molecular flexibility index (Phi) is 4.50. The number of nitrogens with zero attached hydrogens (tertiary/aromatic N) is 3. The molecule has 23 heavy (non-hydrogen) atoms. The van der Waals surface area contributed by atoms with Crippen molar-refractivity contribution < 1.29 is 9.18 Å². The number of aryl methyl sites for hydroxylation is 1. The van der Waals surface area contributed by atoms with Crippen LogP contribution in [0.25, 0.3) is 0 Å². The Labute approximate surface area is 134 Å². The zero-order valence-corrected chi connectivity index (χ0v) is 13.0. The second-order valence-corrected chi connectivity index (χ2v) is 5.78. The highest BCUT2D eigenvalue weighted by Gasteiger charge is 2.25. The third-order valence-corrected chi connectivity index (χ3v) is 4.18. The van der Waals surface area contributed by atoms with E-state index >= 15 is 0 Å². The average Bonchev–Trinajstić information content (AvgIpc) is 2.59. The molecule has 0 bridgehead atoms. The van der Waals surface area contributed by atoms with E-state index in [-0.39, 0.29) is 17.6 Å². The van der Waals surface area contributed by atoms with Crippen LogP contribution in [-0.2, 0) is 4.79 Å². The molecule has 1 aromatic carbocycles. The van der Waals surface area contributed by atoms with Gasteiger partial charge in [0.15, 0.2) is 0 Å². The summed E-state index contributed by atoms with van der Waals surface area (Å²) in [6.45, 7) is 3.22. The highest BCUT2D eigenvalue weighted by atomic mass is 19.1. The molecular weight excluding hydrogens is 295 g/mol. The number of carbonyl (C=O) groups excluding carboxylic acids is 1. The van der Waals surface area contributed by atoms with Gasteiger partial charge in [0.2, 0.25) is 5.91 Å². The zero-order chi connectivity index (χ0) is 16.2. The first-order valence-electron chi connectivity index (χ1n) is 7.71. The molecular formula is C17H19FN4O. The molecule has 1 amide bonds. The molecule has 5 nitrogen and oxygen atoms in total. The molecule has 6 heteroatoms. The van der Waals surface area contributed by atoms with Crippen molar-refractivity contribution in [1.29, 1.82) is 0 Å². The van der Waals surface area contributed by atoms with Crippen molar-refractivity contribution in [2.75, 3.05) is 23.3 Å². The van der Waals surface area contributed by atoms with Crippen molar-refractivity contribution in [3.63, 3.8) is 0 Å². The molecule has 1 saturated heterocycles. The van der Waals surface area contributed by atoms with E-state index in [9.17, 15) is 9.18 Å². The molecule has 0 unspecified atom stereocenters. The van der Waals surface area contributed by atoms with Crippen LogP contribution < -0.4 is 10.2 Å². The lowest BCUT2D eigenvalue weighted by Gasteiger charge is -2.31. The van der Waals surface area contributed by atoms with E-state index in [0.717, 1.165) is 31.7 Å². The van der Waals surface area contributed by atoms with Crippen LogP contribution in [0.15, 0.2) is 36.8 Å². The van der Waals surface area contributed by atoms with Crippen LogP contribution in [0.3, 0.4) is 0 Å². The quantitative estimate of drug-likeness (QED) is 0.946. The van der Waals surface area contributed by atoms with Gasteiger partial charge in [-0.3, -0.25) is 9.78 Å². The SMILES string of the molecule is Cc1ccc(NC(=O)C2CCN(c3cnccn3)CC2)cc1F. The van der Waals surface area contributed by atoms with Crippen LogP contribution in [0.2, 0.25) is 0 Å².